The van der Waals surface area contributed by atoms with Gasteiger partial charge in [-0.2, -0.15) is 0 Å². The van der Waals surface area contributed by atoms with Crippen molar-refractivity contribution in [3.8, 4) is 0 Å². The van der Waals surface area contributed by atoms with Gasteiger partial charge in [0.15, 0.2) is 6.10 Å². The average Bonchev–Trinajstić information content (AvgIpc) is 3.24. The summed E-state index contributed by atoms with van der Waals surface area (Å²) in [5.74, 6) is -2.48. The van der Waals surface area contributed by atoms with E-state index >= 15 is 0 Å². The van der Waals surface area contributed by atoms with E-state index in [1.807, 2.05) is 12.2 Å². The van der Waals surface area contributed by atoms with Crippen LogP contribution in [-0.4, -0.2) is 59.9 Å². The molecular formula is C49H84NO10P. The Morgan fingerprint density at radius 2 is 0.918 bits per heavy atom. The average molecular weight is 878 g/mol. The minimum Gasteiger partial charge on any atom is -0.480 e. The molecule has 0 aliphatic carbocycles. The second-order valence-corrected chi connectivity index (χ2v) is 17.0. The molecule has 1 unspecified atom stereocenters. The minimum atomic E-state index is -4.74. The first-order chi connectivity index (χ1) is 29.6. The van der Waals surface area contributed by atoms with Crippen LogP contribution in [0.25, 0.3) is 0 Å². The molecule has 0 heterocycles. The molecule has 61 heavy (non-hydrogen) atoms. The summed E-state index contributed by atoms with van der Waals surface area (Å²) >= 11 is 0. The summed E-state index contributed by atoms with van der Waals surface area (Å²) in [6.07, 6.45) is 52.6. The van der Waals surface area contributed by atoms with E-state index in [0.29, 0.717) is 12.8 Å². The Hall–Kier alpha value is -3.08. The fraction of sp³-hybridized carbons (Fsp3) is 0.694. The lowest BCUT2D eigenvalue weighted by Gasteiger charge is -2.20. The number of allylic oxidation sites excluding steroid dienone is 12. The molecule has 0 rings (SSSR count). The number of esters is 2. The first-order valence-corrected chi connectivity index (χ1v) is 25.0. The molecule has 0 saturated carbocycles. The maximum absolute atomic E-state index is 12.7. The monoisotopic (exact) mass is 878 g/mol. The van der Waals surface area contributed by atoms with Gasteiger partial charge >= 0.3 is 25.7 Å². The van der Waals surface area contributed by atoms with Gasteiger partial charge in [0.1, 0.15) is 12.6 Å². The number of carboxylic acids is 1. The largest absolute Gasteiger partial charge is 0.480 e. The van der Waals surface area contributed by atoms with Crippen LogP contribution in [0.15, 0.2) is 72.9 Å². The first kappa shape index (κ1) is 57.9. The van der Waals surface area contributed by atoms with E-state index in [1.165, 1.54) is 89.9 Å². The fourth-order valence-corrected chi connectivity index (χ4v) is 6.87. The van der Waals surface area contributed by atoms with Crippen LogP contribution in [0.4, 0.5) is 0 Å². The lowest BCUT2D eigenvalue weighted by molar-refractivity contribution is -0.161. The van der Waals surface area contributed by atoms with Gasteiger partial charge in [0, 0.05) is 12.8 Å². The Morgan fingerprint density at radius 1 is 0.525 bits per heavy atom. The lowest BCUT2D eigenvalue weighted by Crippen LogP contribution is -2.34. The van der Waals surface area contributed by atoms with E-state index in [0.717, 1.165) is 57.8 Å². The Balaban J connectivity index is 4.42. The molecule has 0 saturated heterocycles. The van der Waals surface area contributed by atoms with Crippen molar-refractivity contribution < 1.29 is 47.5 Å². The molecule has 0 amide bonds. The van der Waals surface area contributed by atoms with Crippen LogP contribution in [0.2, 0.25) is 0 Å². The Kier molecular flexibility index (Phi) is 41.4. The number of unbranched alkanes of at least 4 members (excludes halogenated alkanes) is 17. The number of rotatable bonds is 43. The molecule has 0 aromatic heterocycles. The maximum atomic E-state index is 12.7. The normalized spacial score (nSPS) is 14.3. The van der Waals surface area contributed by atoms with Gasteiger partial charge in [-0.05, 0) is 51.4 Å². The highest BCUT2D eigenvalue weighted by molar-refractivity contribution is 7.47. The third-order valence-electron chi connectivity index (χ3n) is 9.73. The summed E-state index contributed by atoms with van der Waals surface area (Å²) in [6, 6.07) is -1.53. The number of aliphatic carboxylic acids is 1. The van der Waals surface area contributed by atoms with E-state index in [1.54, 1.807) is 0 Å². The Labute approximate surface area is 370 Å². The van der Waals surface area contributed by atoms with Crippen LogP contribution in [0.3, 0.4) is 0 Å². The second kappa shape index (κ2) is 43.6. The summed E-state index contributed by atoms with van der Waals surface area (Å²) in [6.45, 7) is 2.63. The quantitative estimate of drug-likeness (QED) is 0.0230. The molecule has 0 aliphatic heterocycles. The summed E-state index contributed by atoms with van der Waals surface area (Å²) in [5, 5.41) is 8.90. The molecule has 0 spiro atoms. The van der Waals surface area contributed by atoms with Gasteiger partial charge in [0.05, 0.1) is 13.2 Å². The van der Waals surface area contributed by atoms with Crippen LogP contribution in [-0.2, 0) is 37.5 Å². The number of phosphoric acid groups is 1. The molecule has 0 aromatic carbocycles. The van der Waals surface area contributed by atoms with Crippen molar-refractivity contribution in [1.82, 2.24) is 0 Å². The molecule has 350 valence electrons. The van der Waals surface area contributed by atoms with Crippen molar-refractivity contribution >= 4 is 25.7 Å². The highest BCUT2D eigenvalue weighted by Crippen LogP contribution is 2.43. The number of hydrogen-bond donors (Lipinski definition) is 3. The SMILES string of the molecule is CC/C=C/C/C=C/C/C=C/C/C=C/C/C=C/C/C=C/CCC(=O)OC[C@H](COP(=O)(O)OC[C@H](N)C(=O)O)OC(=O)CCCCCCCCCCCCCCCCCCCC. The number of phosphoric ester groups is 1. The number of hydrogen-bond acceptors (Lipinski definition) is 9. The first-order valence-electron chi connectivity index (χ1n) is 23.5. The predicted molar refractivity (Wildman–Crippen MR) is 249 cm³/mol. The fourth-order valence-electron chi connectivity index (χ4n) is 6.09. The van der Waals surface area contributed by atoms with Gasteiger partial charge < -0.3 is 25.2 Å². The van der Waals surface area contributed by atoms with Crippen molar-refractivity contribution in [2.45, 2.75) is 199 Å². The molecular weight excluding hydrogens is 794 g/mol. The van der Waals surface area contributed by atoms with Crippen molar-refractivity contribution in [2.75, 3.05) is 19.8 Å². The number of carboxylic acid groups (broad SMARTS) is 1. The summed E-state index contributed by atoms with van der Waals surface area (Å²) in [4.78, 5) is 46.0. The summed E-state index contributed by atoms with van der Waals surface area (Å²) in [7, 11) is -4.74. The van der Waals surface area contributed by atoms with E-state index in [4.69, 9.17) is 24.8 Å². The molecule has 0 fully saturated rings. The number of carbonyl (C=O) groups excluding carboxylic acids is 2. The van der Waals surface area contributed by atoms with Crippen LogP contribution < -0.4 is 5.73 Å². The van der Waals surface area contributed by atoms with Gasteiger partial charge in [-0.1, -0.05) is 196 Å². The van der Waals surface area contributed by atoms with Crippen molar-refractivity contribution in [3.05, 3.63) is 72.9 Å². The van der Waals surface area contributed by atoms with E-state index in [-0.39, 0.29) is 19.4 Å². The standard InChI is InChI=1S/C49H84NO10P/c1-3-5-7-9-11-13-15-17-19-21-23-25-26-28-30-32-34-36-38-40-47(51)57-42-45(43-58-61(55,56)59-44-46(50)49(53)54)60-48(52)41-39-37-35-33-31-29-27-24-22-20-18-16-14-12-10-8-6-4-2/h5,7,11,13,17,19,23,25,28,30,34,36,45-46H,3-4,6,8-10,12,14-16,18,20-22,24,26-27,29,31-33,35,37-44,50H2,1-2H3,(H,53,54)(H,55,56)/b7-5+,13-11+,19-17+,25-23+,30-28+,36-34+/t45-,46+/m1/s1. The summed E-state index contributed by atoms with van der Waals surface area (Å²) < 4.78 is 32.7. The van der Waals surface area contributed by atoms with Crippen LogP contribution in [0.5, 0.6) is 0 Å². The van der Waals surface area contributed by atoms with Crippen molar-refractivity contribution in [3.63, 3.8) is 0 Å². The van der Waals surface area contributed by atoms with Gasteiger partial charge in [0.25, 0.3) is 0 Å². The zero-order chi connectivity index (χ0) is 44.9. The molecule has 11 nitrogen and oxygen atoms in total. The summed E-state index contributed by atoms with van der Waals surface area (Å²) in [5.41, 5.74) is 5.34. The van der Waals surface area contributed by atoms with E-state index < -0.39 is 51.1 Å². The van der Waals surface area contributed by atoms with Crippen LogP contribution in [0.1, 0.15) is 187 Å². The minimum absolute atomic E-state index is 0.0949. The number of carbonyl (C=O) groups is 3. The van der Waals surface area contributed by atoms with Crippen LogP contribution in [0, 0.1) is 0 Å². The third kappa shape index (κ3) is 43.4. The predicted octanol–water partition coefficient (Wildman–Crippen LogP) is 12.9. The molecule has 12 heteroatoms. The van der Waals surface area contributed by atoms with Gasteiger partial charge in [-0.15, -0.1) is 0 Å². The maximum Gasteiger partial charge on any atom is 0.472 e. The zero-order valence-corrected chi connectivity index (χ0v) is 38.9. The highest BCUT2D eigenvalue weighted by atomic mass is 31.2. The Morgan fingerprint density at radius 3 is 1.34 bits per heavy atom. The van der Waals surface area contributed by atoms with Gasteiger partial charge in [0.2, 0.25) is 0 Å². The van der Waals surface area contributed by atoms with Crippen molar-refractivity contribution in [1.29, 1.82) is 0 Å². The Bertz CT molecular complexity index is 1310. The topological polar surface area (TPSA) is 172 Å². The molecule has 0 bridgehead atoms. The lowest BCUT2D eigenvalue weighted by atomic mass is 10.0. The van der Waals surface area contributed by atoms with E-state index in [9.17, 15) is 23.8 Å². The van der Waals surface area contributed by atoms with Crippen molar-refractivity contribution in [2.24, 2.45) is 5.73 Å². The molecule has 3 atom stereocenters. The molecule has 4 N–H and O–H groups in total. The van der Waals surface area contributed by atoms with Gasteiger partial charge in [-0.25, -0.2) is 4.57 Å². The highest BCUT2D eigenvalue weighted by Gasteiger charge is 2.28. The second-order valence-electron chi connectivity index (χ2n) is 15.5. The van der Waals surface area contributed by atoms with Crippen LogP contribution >= 0.6 is 7.82 Å². The molecule has 0 aromatic rings. The molecule has 0 radical (unpaired) electrons. The number of nitrogens with two attached hydrogens (primary N) is 1. The van der Waals surface area contributed by atoms with E-state index in [2.05, 4.69) is 79.1 Å². The smallest absolute Gasteiger partial charge is 0.472 e. The third-order valence-corrected chi connectivity index (χ3v) is 10.7. The zero-order valence-electron chi connectivity index (χ0n) is 38.0. The molecule has 0 aliphatic rings. The van der Waals surface area contributed by atoms with Gasteiger partial charge in [-0.3, -0.25) is 23.4 Å². The number of ether oxygens (including phenoxy) is 2.